The van der Waals surface area contributed by atoms with Gasteiger partial charge in [-0.25, -0.2) is 8.78 Å². The Morgan fingerprint density at radius 1 is 0.950 bits per heavy atom. The van der Waals surface area contributed by atoms with E-state index in [-0.39, 0.29) is 0 Å². The van der Waals surface area contributed by atoms with Crippen LogP contribution in [0.4, 0.5) is 8.78 Å². The van der Waals surface area contributed by atoms with Crippen LogP contribution in [0.1, 0.15) is 16.0 Å². The predicted molar refractivity (Wildman–Crippen MR) is 76.7 cm³/mol. The van der Waals surface area contributed by atoms with Crippen molar-refractivity contribution in [1.29, 1.82) is 0 Å². The lowest BCUT2D eigenvalue weighted by atomic mass is 10.0. The molecule has 0 saturated carbocycles. The third-order valence-electron chi connectivity index (χ3n) is 2.95. The minimum Gasteiger partial charge on any atom is -0.497 e. The Kier molecular flexibility index (Phi) is 4.60. The van der Waals surface area contributed by atoms with Crippen LogP contribution >= 0.6 is 15.9 Å². The zero-order valence-corrected chi connectivity index (χ0v) is 12.6. The van der Waals surface area contributed by atoms with E-state index in [1.807, 2.05) is 0 Å². The van der Waals surface area contributed by atoms with Gasteiger partial charge in [-0.05, 0) is 24.3 Å². The number of halogens is 3. The topological polar surface area (TPSA) is 18.5 Å². The Balaban J connectivity index is 2.45. The van der Waals surface area contributed by atoms with Crippen LogP contribution in [0, 0.1) is 11.6 Å². The largest absolute Gasteiger partial charge is 0.497 e. The number of methoxy groups -OCH3 is 2. The van der Waals surface area contributed by atoms with Gasteiger partial charge in [-0.15, -0.1) is 0 Å². The lowest BCUT2D eigenvalue weighted by Gasteiger charge is -2.16. The molecule has 0 aliphatic carbocycles. The van der Waals surface area contributed by atoms with E-state index in [2.05, 4.69) is 15.9 Å². The summed E-state index contributed by atoms with van der Waals surface area (Å²) < 4.78 is 37.6. The second kappa shape index (κ2) is 6.22. The molecular weight excluding hydrogens is 330 g/mol. The molecule has 0 aliphatic heterocycles. The van der Waals surface area contributed by atoms with E-state index in [1.165, 1.54) is 38.5 Å². The standard InChI is InChI=1S/C15H13BrF2O2/c1-19-10-4-5-11(13(18)8-10)15(16)12-7-9(17)3-6-14(12)20-2/h3-8,15H,1-2H3. The second-order valence-corrected chi connectivity index (χ2v) is 5.05. The van der Waals surface area contributed by atoms with Crippen LogP contribution in [0.25, 0.3) is 0 Å². The maximum atomic E-state index is 14.1. The van der Waals surface area contributed by atoms with E-state index in [9.17, 15) is 8.78 Å². The van der Waals surface area contributed by atoms with E-state index < -0.39 is 16.5 Å². The molecule has 0 aliphatic rings. The van der Waals surface area contributed by atoms with Crippen molar-refractivity contribution < 1.29 is 18.3 Å². The fraction of sp³-hybridized carbons (Fsp3) is 0.200. The average Bonchev–Trinajstić information content (AvgIpc) is 2.46. The molecule has 106 valence electrons. The maximum Gasteiger partial charge on any atom is 0.131 e. The van der Waals surface area contributed by atoms with E-state index >= 15 is 0 Å². The SMILES string of the molecule is COc1ccc(C(Br)c2cc(F)ccc2OC)c(F)c1. The Hall–Kier alpha value is -1.62. The van der Waals surface area contributed by atoms with Crippen LogP contribution in [0.3, 0.4) is 0 Å². The molecular formula is C15H13BrF2O2. The van der Waals surface area contributed by atoms with Crippen molar-refractivity contribution in [3.05, 3.63) is 59.2 Å². The summed E-state index contributed by atoms with van der Waals surface area (Å²) in [6, 6.07) is 8.67. The van der Waals surface area contributed by atoms with Gasteiger partial charge < -0.3 is 9.47 Å². The van der Waals surface area contributed by atoms with Crippen molar-refractivity contribution in [2.24, 2.45) is 0 Å². The molecule has 2 rings (SSSR count). The zero-order valence-electron chi connectivity index (χ0n) is 11.0. The van der Waals surface area contributed by atoms with Crippen molar-refractivity contribution in [2.45, 2.75) is 4.83 Å². The summed E-state index contributed by atoms with van der Waals surface area (Å²) in [6.45, 7) is 0. The lowest BCUT2D eigenvalue weighted by molar-refractivity contribution is 0.407. The molecule has 2 aromatic rings. The summed E-state index contributed by atoms with van der Waals surface area (Å²) in [5.74, 6) is 0.0809. The van der Waals surface area contributed by atoms with Crippen LogP contribution in [0.15, 0.2) is 36.4 Å². The molecule has 0 radical (unpaired) electrons. The fourth-order valence-corrected chi connectivity index (χ4v) is 2.64. The third-order valence-corrected chi connectivity index (χ3v) is 3.93. The molecule has 0 heterocycles. The lowest BCUT2D eigenvalue weighted by Crippen LogP contribution is -2.01. The van der Waals surface area contributed by atoms with Gasteiger partial charge in [0, 0.05) is 17.2 Å². The number of hydrogen-bond acceptors (Lipinski definition) is 2. The minimum absolute atomic E-state index is 0.384. The van der Waals surface area contributed by atoms with Crippen LogP contribution in [0.5, 0.6) is 11.5 Å². The monoisotopic (exact) mass is 342 g/mol. The first kappa shape index (κ1) is 14.8. The van der Waals surface area contributed by atoms with Gasteiger partial charge >= 0.3 is 0 Å². The van der Waals surface area contributed by atoms with E-state index in [0.717, 1.165) is 0 Å². The molecule has 0 spiro atoms. The average molecular weight is 343 g/mol. The molecule has 20 heavy (non-hydrogen) atoms. The Labute approximate surface area is 124 Å². The number of benzene rings is 2. The van der Waals surface area contributed by atoms with Gasteiger partial charge in [0.15, 0.2) is 0 Å². The summed E-state index contributed by atoms with van der Waals surface area (Å²) in [5, 5.41) is 0. The molecule has 0 saturated heterocycles. The van der Waals surface area contributed by atoms with Gasteiger partial charge in [0.2, 0.25) is 0 Å². The Morgan fingerprint density at radius 2 is 1.70 bits per heavy atom. The highest BCUT2D eigenvalue weighted by molar-refractivity contribution is 9.09. The van der Waals surface area contributed by atoms with Gasteiger partial charge in [0.05, 0.1) is 19.0 Å². The Morgan fingerprint density at radius 3 is 2.30 bits per heavy atom. The summed E-state index contributed by atoms with van der Waals surface area (Å²) in [6.07, 6.45) is 0. The van der Waals surface area contributed by atoms with Gasteiger partial charge in [-0.1, -0.05) is 22.0 Å². The first-order valence-electron chi connectivity index (χ1n) is 5.87. The molecule has 1 unspecified atom stereocenters. The summed E-state index contributed by atoms with van der Waals surface area (Å²) in [5.41, 5.74) is 0.909. The van der Waals surface area contributed by atoms with Gasteiger partial charge in [0.1, 0.15) is 23.1 Å². The normalized spacial score (nSPS) is 12.1. The van der Waals surface area contributed by atoms with Crippen molar-refractivity contribution in [3.8, 4) is 11.5 Å². The summed E-state index contributed by atoms with van der Waals surface area (Å²) in [7, 11) is 2.95. The molecule has 0 aromatic heterocycles. The number of hydrogen-bond donors (Lipinski definition) is 0. The molecule has 5 heteroatoms. The Bertz CT molecular complexity index is 617. The first-order chi connectivity index (χ1) is 9.56. The van der Waals surface area contributed by atoms with E-state index in [1.54, 1.807) is 12.1 Å². The summed E-state index contributed by atoms with van der Waals surface area (Å²) in [4.78, 5) is -0.515. The van der Waals surface area contributed by atoms with Crippen LogP contribution in [-0.4, -0.2) is 14.2 Å². The second-order valence-electron chi connectivity index (χ2n) is 4.14. The van der Waals surface area contributed by atoms with Crippen molar-refractivity contribution >= 4 is 15.9 Å². The van der Waals surface area contributed by atoms with Crippen LogP contribution in [-0.2, 0) is 0 Å². The fourth-order valence-electron chi connectivity index (χ4n) is 1.91. The van der Waals surface area contributed by atoms with Gasteiger partial charge in [-0.3, -0.25) is 0 Å². The number of alkyl halides is 1. The highest BCUT2D eigenvalue weighted by Gasteiger charge is 2.19. The molecule has 0 fully saturated rings. The molecule has 0 bridgehead atoms. The predicted octanol–water partition coefficient (Wildman–Crippen LogP) is 4.47. The summed E-state index contributed by atoms with van der Waals surface area (Å²) >= 11 is 3.39. The van der Waals surface area contributed by atoms with Crippen LogP contribution < -0.4 is 9.47 Å². The van der Waals surface area contributed by atoms with Crippen molar-refractivity contribution in [2.75, 3.05) is 14.2 Å². The van der Waals surface area contributed by atoms with Crippen LogP contribution in [0.2, 0.25) is 0 Å². The molecule has 2 nitrogen and oxygen atoms in total. The van der Waals surface area contributed by atoms with Crippen molar-refractivity contribution in [3.63, 3.8) is 0 Å². The maximum absolute atomic E-state index is 14.1. The minimum atomic E-state index is -0.515. The van der Waals surface area contributed by atoms with E-state index in [4.69, 9.17) is 9.47 Å². The highest BCUT2D eigenvalue weighted by atomic mass is 79.9. The van der Waals surface area contributed by atoms with Crippen molar-refractivity contribution in [1.82, 2.24) is 0 Å². The first-order valence-corrected chi connectivity index (χ1v) is 6.79. The molecule has 0 amide bonds. The molecule has 0 N–H and O–H groups in total. The molecule has 1 atom stereocenters. The van der Waals surface area contributed by atoms with Gasteiger partial charge in [-0.2, -0.15) is 0 Å². The third kappa shape index (κ3) is 2.93. The number of ether oxygens (including phenoxy) is 2. The molecule has 2 aromatic carbocycles. The zero-order chi connectivity index (χ0) is 14.7. The number of rotatable bonds is 4. The van der Waals surface area contributed by atoms with E-state index in [0.29, 0.717) is 22.6 Å². The van der Waals surface area contributed by atoms with Gasteiger partial charge in [0.25, 0.3) is 0 Å². The quantitative estimate of drug-likeness (QED) is 0.763. The smallest absolute Gasteiger partial charge is 0.131 e. The highest BCUT2D eigenvalue weighted by Crippen LogP contribution is 2.38.